The number of carboxylic acids is 1. The maximum Gasteiger partial charge on any atom is 0.357 e. The highest BCUT2D eigenvalue weighted by molar-refractivity contribution is 7.16. The first-order valence-electron chi connectivity index (χ1n) is 5.07. The Bertz CT molecular complexity index is 583. The van der Waals surface area contributed by atoms with Gasteiger partial charge >= 0.3 is 5.97 Å². The number of pyridine rings is 1. The molecule has 2 aromatic rings. The van der Waals surface area contributed by atoms with Crippen LogP contribution in [0.2, 0.25) is 0 Å². The van der Waals surface area contributed by atoms with E-state index in [2.05, 4.69) is 15.3 Å². The van der Waals surface area contributed by atoms with Crippen LogP contribution in [0.4, 0.5) is 10.7 Å². The Hall–Kier alpha value is -2.15. The molecule has 94 valence electrons. The lowest BCUT2D eigenvalue weighted by Crippen LogP contribution is -2.01. The number of thiazole rings is 1. The number of nitrogens with zero attached hydrogens (tertiary/aromatic N) is 2. The molecule has 2 N–H and O–H groups in total. The summed E-state index contributed by atoms with van der Waals surface area (Å²) in [7, 11) is 1.54. The third kappa shape index (κ3) is 2.57. The van der Waals surface area contributed by atoms with Crippen molar-refractivity contribution in [2.75, 3.05) is 12.4 Å². The van der Waals surface area contributed by atoms with Crippen LogP contribution in [-0.4, -0.2) is 28.2 Å². The quantitative estimate of drug-likeness (QED) is 0.882. The van der Waals surface area contributed by atoms with Gasteiger partial charge in [-0.2, -0.15) is 0 Å². The summed E-state index contributed by atoms with van der Waals surface area (Å²) in [5.41, 5.74) is 0.667. The van der Waals surface area contributed by atoms with Crippen molar-refractivity contribution in [2.45, 2.75) is 6.92 Å². The molecule has 0 spiro atoms. The van der Waals surface area contributed by atoms with Gasteiger partial charge in [0.05, 0.1) is 30.2 Å². The number of aryl methyl sites for hydroxylation is 1. The molecule has 0 amide bonds. The summed E-state index contributed by atoms with van der Waals surface area (Å²) in [6, 6.07) is 1.73. The van der Waals surface area contributed by atoms with Gasteiger partial charge in [-0.15, -0.1) is 11.3 Å². The van der Waals surface area contributed by atoms with Gasteiger partial charge in [0.15, 0.2) is 5.69 Å². The molecule has 18 heavy (non-hydrogen) atoms. The minimum Gasteiger partial charge on any atom is -0.495 e. The molecule has 0 saturated heterocycles. The molecule has 2 aromatic heterocycles. The number of hydrogen-bond donors (Lipinski definition) is 2. The molecule has 2 heterocycles. The van der Waals surface area contributed by atoms with E-state index >= 15 is 0 Å². The molecule has 0 bridgehead atoms. The number of anilines is 2. The first-order valence-corrected chi connectivity index (χ1v) is 5.88. The summed E-state index contributed by atoms with van der Waals surface area (Å²) < 4.78 is 5.04. The van der Waals surface area contributed by atoms with Crippen LogP contribution >= 0.6 is 11.3 Å². The molecule has 0 aliphatic carbocycles. The topological polar surface area (TPSA) is 84.3 Å². The number of nitrogens with one attached hydrogen (secondary N) is 1. The monoisotopic (exact) mass is 265 g/mol. The highest BCUT2D eigenvalue weighted by Crippen LogP contribution is 2.28. The van der Waals surface area contributed by atoms with Crippen LogP contribution in [0.1, 0.15) is 15.5 Å². The van der Waals surface area contributed by atoms with Gasteiger partial charge < -0.3 is 15.2 Å². The minimum atomic E-state index is -1.06. The molecule has 0 fully saturated rings. The van der Waals surface area contributed by atoms with Crippen molar-refractivity contribution in [3.05, 3.63) is 29.2 Å². The fourth-order valence-corrected chi connectivity index (χ4v) is 2.22. The zero-order chi connectivity index (χ0) is 13.1. The summed E-state index contributed by atoms with van der Waals surface area (Å²) in [6.07, 6.45) is 3.16. The lowest BCUT2D eigenvalue weighted by atomic mass is 10.4. The van der Waals surface area contributed by atoms with Crippen LogP contribution in [0.3, 0.4) is 0 Å². The highest BCUT2D eigenvalue weighted by Gasteiger charge is 2.16. The smallest absolute Gasteiger partial charge is 0.357 e. The summed E-state index contributed by atoms with van der Waals surface area (Å²) in [5, 5.41) is 13.2. The molecule has 0 aromatic carbocycles. The minimum absolute atomic E-state index is 0.0142. The largest absolute Gasteiger partial charge is 0.495 e. The average Bonchev–Trinajstić information content (AvgIpc) is 2.70. The van der Waals surface area contributed by atoms with Gasteiger partial charge in [-0.05, 0) is 6.92 Å². The fourth-order valence-electron chi connectivity index (χ4n) is 1.39. The van der Waals surface area contributed by atoms with Crippen LogP contribution < -0.4 is 10.1 Å². The van der Waals surface area contributed by atoms with Crippen LogP contribution in [0.25, 0.3) is 0 Å². The maximum absolute atomic E-state index is 11.0. The van der Waals surface area contributed by atoms with Crippen molar-refractivity contribution >= 4 is 28.0 Å². The molecule has 0 unspecified atom stereocenters. The van der Waals surface area contributed by atoms with E-state index in [0.29, 0.717) is 21.4 Å². The number of carbonyl (C=O) groups is 1. The summed E-state index contributed by atoms with van der Waals surface area (Å²) >= 11 is 1.28. The zero-order valence-electron chi connectivity index (χ0n) is 9.80. The Morgan fingerprint density at radius 3 is 2.94 bits per heavy atom. The van der Waals surface area contributed by atoms with Crippen molar-refractivity contribution in [3.8, 4) is 5.75 Å². The Labute approximate surface area is 107 Å². The highest BCUT2D eigenvalue weighted by atomic mass is 32.1. The van der Waals surface area contributed by atoms with Gasteiger partial charge in [0.25, 0.3) is 0 Å². The second-order valence-electron chi connectivity index (χ2n) is 3.45. The van der Waals surface area contributed by atoms with Crippen LogP contribution in [-0.2, 0) is 0 Å². The van der Waals surface area contributed by atoms with Gasteiger partial charge in [-0.25, -0.2) is 9.78 Å². The molecule has 0 aliphatic heterocycles. The number of methoxy groups -OCH3 is 1. The Morgan fingerprint density at radius 1 is 1.50 bits per heavy atom. The molecule has 6 nitrogen and oxygen atoms in total. The van der Waals surface area contributed by atoms with Crippen molar-refractivity contribution in [2.24, 2.45) is 0 Å². The standard InChI is InChI=1S/C11H11N3O3S/c1-6-13-9(11(15)16)10(18-6)14-7-3-8(17-2)5-12-4-7/h3-5,14H,1-2H3,(H,15,16). The Kier molecular flexibility index (Phi) is 3.42. The van der Waals surface area contributed by atoms with Crippen molar-refractivity contribution < 1.29 is 14.6 Å². The lowest BCUT2D eigenvalue weighted by Gasteiger charge is -2.05. The number of ether oxygens (including phenoxy) is 1. The molecule has 2 rings (SSSR count). The van der Waals surface area contributed by atoms with E-state index in [1.54, 1.807) is 32.5 Å². The van der Waals surface area contributed by atoms with E-state index in [1.807, 2.05) is 0 Å². The SMILES string of the molecule is COc1cncc(Nc2sc(C)nc2C(=O)O)c1. The second-order valence-corrected chi connectivity index (χ2v) is 4.66. The lowest BCUT2D eigenvalue weighted by molar-refractivity contribution is 0.0692. The zero-order valence-corrected chi connectivity index (χ0v) is 10.6. The predicted octanol–water partition coefficient (Wildman–Crippen LogP) is 2.30. The Balaban J connectivity index is 2.30. The molecular weight excluding hydrogens is 254 g/mol. The third-order valence-electron chi connectivity index (χ3n) is 2.14. The van der Waals surface area contributed by atoms with E-state index in [4.69, 9.17) is 9.84 Å². The average molecular weight is 265 g/mol. The van der Waals surface area contributed by atoms with Crippen LogP contribution in [0, 0.1) is 6.92 Å². The number of hydrogen-bond acceptors (Lipinski definition) is 6. The summed E-state index contributed by atoms with van der Waals surface area (Å²) in [6.45, 7) is 1.76. The van der Waals surface area contributed by atoms with Gasteiger partial charge in [0.1, 0.15) is 10.8 Å². The van der Waals surface area contributed by atoms with Crippen LogP contribution in [0.15, 0.2) is 18.5 Å². The number of aromatic carboxylic acids is 1. The predicted molar refractivity (Wildman–Crippen MR) is 67.9 cm³/mol. The van der Waals surface area contributed by atoms with Gasteiger partial charge in [0.2, 0.25) is 0 Å². The summed E-state index contributed by atoms with van der Waals surface area (Å²) in [4.78, 5) is 18.9. The Morgan fingerprint density at radius 2 is 2.28 bits per heavy atom. The van der Waals surface area contributed by atoms with E-state index in [9.17, 15) is 4.79 Å². The molecule has 7 heteroatoms. The van der Waals surface area contributed by atoms with Gasteiger partial charge in [-0.3, -0.25) is 4.98 Å². The third-order valence-corrected chi connectivity index (χ3v) is 3.03. The first-order chi connectivity index (χ1) is 8.60. The van der Waals surface area contributed by atoms with E-state index in [-0.39, 0.29) is 5.69 Å². The summed E-state index contributed by atoms with van der Waals surface area (Å²) in [5.74, 6) is -0.462. The number of carboxylic acid groups (broad SMARTS) is 1. The van der Waals surface area contributed by atoms with E-state index < -0.39 is 5.97 Å². The molecule has 0 radical (unpaired) electrons. The fraction of sp³-hybridized carbons (Fsp3) is 0.182. The van der Waals surface area contributed by atoms with Crippen LogP contribution in [0.5, 0.6) is 5.75 Å². The van der Waals surface area contributed by atoms with Gasteiger partial charge in [0, 0.05) is 6.07 Å². The molecule has 0 aliphatic rings. The molecular formula is C11H11N3O3S. The van der Waals surface area contributed by atoms with Gasteiger partial charge in [-0.1, -0.05) is 0 Å². The van der Waals surface area contributed by atoms with Crippen molar-refractivity contribution in [3.63, 3.8) is 0 Å². The molecule has 0 saturated carbocycles. The number of rotatable bonds is 4. The molecule has 0 atom stereocenters. The maximum atomic E-state index is 11.0. The van der Waals surface area contributed by atoms with E-state index in [1.165, 1.54) is 11.3 Å². The number of aromatic nitrogens is 2. The van der Waals surface area contributed by atoms with Crippen molar-refractivity contribution in [1.29, 1.82) is 0 Å². The van der Waals surface area contributed by atoms with Crippen molar-refractivity contribution in [1.82, 2.24) is 9.97 Å². The van der Waals surface area contributed by atoms with E-state index in [0.717, 1.165) is 0 Å². The first kappa shape index (κ1) is 12.3. The normalized spacial score (nSPS) is 10.1. The second kappa shape index (κ2) is 5.01.